The average Bonchev–Trinajstić information content (AvgIpc) is 2.63. The molecule has 0 heterocycles. The van der Waals surface area contributed by atoms with Crippen LogP contribution in [0, 0.1) is 13.8 Å². The molecule has 0 saturated carbocycles. The van der Waals surface area contributed by atoms with Crippen LogP contribution in [0.3, 0.4) is 0 Å². The van der Waals surface area contributed by atoms with E-state index < -0.39 is 0 Å². The van der Waals surface area contributed by atoms with E-state index in [1.807, 2.05) is 43.3 Å². The maximum atomic E-state index is 11.4. The van der Waals surface area contributed by atoms with Gasteiger partial charge in [0.05, 0.1) is 0 Å². The second-order valence-electron chi connectivity index (χ2n) is 6.06. The first-order valence-corrected chi connectivity index (χ1v) is 9.26. The minimum Gasteiger partial charge on any atom is -0.488 e. The van der Waals surface area contributed by atoms with Gasteiger partial charge in [-0.2, -0.15) is 0 Å². The monoisotopic (exact) mass is 348 g/mol. The lowest BCUT2D eigenvalue weighted by molar-refractivity contribution is 0.112. The van der Waals surface area contributed by atoms with Gasteiger partial charge in [0, 0.05) is 10.9 Å². The zero-order valence-electron chi connectivity index (χ0n) is 14.5. The molecule has 2 nitrogen and oxygen atoms in total. The zero-order chi connectivity index (χ0) is 17.6. The van der Waals surface area contributed by atoms with E-state index in [9.17, 15) is 4.79 Å². The molecule has 0 spiro atoms. The normalized spacial score (nSPS) is 11.0. The summed E-state index contributed by atoms with van der Waals surface area (Å²) in [6.07, 6.45) is 0.940. The minimum absolute atomic E-state index is 0.385. The van der Waals surface area contributed by atoms with Crippen LogP contribution >= 0.6 is 8.58 Å². The smallest absolute Gasteiger partial charge is 0.150 e. The molecule has 1 atom stereocenters. The van der Waals surface area contributed by atoms with Crippen LogP contribution in [-0.4, -0.2) is 6.29 Å². The Labute approximate surface area is 150 Å². The highest BCUT2D eigenvalue weighted by Crippen LogP contribution is 2.25. The molecular formula is C22H21O2P. The number of rotatable bonds is 6. The lowest BCUT2D eigenvalue weighted by atomic mass is 10.1. The van der Waals surface area contributed by atoms with Crippen LogP contribution in [0.1, 0.15) is 27.0 Å². The van der Waals surface area contributed by atoms with Crippen LogP contribution in [0.15, 0.2) is 66.7 Å². The van der Waals surface area contributed by atoms with E-state index >= 15 is 0 Å². The van der Waals surface area contributed by atoms with Gasteiger partial charge in [-0.25, -0.2) is 0 Å². The average molecular weight is 348 g/mol. The van der Waals surface area contributed by atoms with Crippen molar-refractivity contribution in [3.63, 3.8) is 0 Å². The Morgan fingerprint density at radius 3 is 2.48 bits per heavy atom. The van der Waals surface area contributed by atoms with E-state index in [1.165, 1.54) is 0 Å². The van der Waals surface area contributed by atoms with Gasteiger partial charge in [-0.1, -0.05) is 74.8 Å². The fourth-order valence-corrected chi connectivity index (χ4v) is 4.01. The molecule has 0 aliphatic carbocycles. The summed E-state index contributed by atoms with van der Waals surface area (Å²) in [6.45, 7) is 4.60. The van der Waals surface area contributed by atoms with Gasteiger partial charge in [-0.3, -0.25) is 4.79 Å². The van der Waals surface area contributed by atoms with Gasteiger partial charge in [0.15, 0.2) is 6.29 Å². The third-order valence-electron chi connectivity index (χ3n) is 4.04. The molecule has 0 aromatic heterocycles. The SMILES string of the molecule is Cc1ccc(Pc2cccc(C)c2OCc2ccccc2)c(C=O)c1. The van der Waals surface area contributed by atoms with Crippen LogP contribution in [0.2, 0.25) is 0 Å². The molecule has 0 aliphatic heterocycles. The van der Waals surface area contributed by atoms with Gasteiger partial charge in [0.1, 0.15) is 12.4 Å². The number of aldehydes is 1. The van der Waals surface area contributed by atoms with Crippen molar-refractivity contribution in [2.75, 3.05) is 0 Å². The molecule has 0 N–H and O–H groups in total. The number of benzene rings is 3. The fraction of sp³-hybridized carbons (Fsp3) is 0.136. The van der Waals surface area contributed by atoms with Crippen LogP contribution in [0.25, 0.3) is 0 Å². The molecule has 1 unspecified atom stereocenters. The predicted octanol–water partition coefficient (Wildman–Crippen LogP) is 4.32. The molecular weight excluding hydrogens is 327 g/mol. The van der Waals surface area contributed by atoms with Gasteiger partial charge >= 0.3 is 0 Å². The Balaban J connectivity index is 1.87. The summed E-state index contributed by atoms with van der Waals surface area (Å²) >= 11 is 0. The molecule has 3 heteroatoms. The molecule has 0 aliphatic rings. The first-order valence-electron chi connectivity index (χ1n) is 8.26. The summed E-state index contributed by atoms with van der Waals surface area (Å²) in [6, 6.07) is 22.4. The zero-order valence-corrected chi connectivity index (χ0v) is 15.5. The number of carbonyl (C=O) groups excluding carboxylic acids is 1. The third-order valence-corrected chi connectivity index (χ3v) is 5.43. The van der Waals surface area contributed by atoms with Crippen molar-refractivity contribution in [2.24, 2.45) is 0 Å². The molecule has 3 aromatic carbocycles. The van der Waals surface area contributed by atoms with E-state index in [0.717, 1.165) is 44.9 Å². The fourth-order valence-electron chi connectivity index (χ4n) is 2.71. The number of ether oxygens (including phenoxy) is 1. The lowest BCUT2D eigenvalue weighted by Crippen LogP contribution is -2.13. The summed E-state index contributed by atoms with van der Waals surface area (Å²) < 4.78 is 6.14. The number of aryl methyl sites for hydroxylation is 2. The molecule has 0 bridgehead atoms. The highest BCUT2D eigenvalue weighted by atomic mass is 31.1. The first kappa shape index (κ1) is 17.4. The van der Waals surface area contributed by atoms with Crippen molar-refractivity contribution < 1.29 is 9.53 Å². The van der Waals surface area contributed by atoms with E-state index in [2.05, 4.69) is 37.3 Å². The van der Waals surface area contributed by atoms with Gasteiger partial charge < -0.3 is 4.74 Å². The standard InChI is InChI=1S/C22H21O2P/c1-16-11-12-20(19(13-16)14-23)25-21-10-6-7-17(2)22(21)24-15-18-8-4-3-5-9-18/h3-14,25H,15H2,1-2H3. The van der Waals surface area contributed by atoms with Crippen LogP contribution in [0.4, 0.5) is 0 Å². The van der Waals surface area contributed by atoms with Crippen LogP contribution < -0.4 is 15.3 Å². The molecule has 3 rings (SSSR count). The van der Waals surface area contributed by atoms with Gasteiger partial charge in [0.25, 0.3) is 0 Å². The van der Waals surface area contributed by atoms with E-state index in [0.29, 0.717) is 15.2 Å². The van der Waals surface area contributed by atoms with Gasteiger partial charge in [0.2, 0.25) is 0 Å². The molecule has 0 radical (unpaired) electrons. The third kappa shape index (κ3) is 4.35. The quantitative estimate of drug-likeness (QED) is 0.490. The summed E-state index contributed by atoms with van der Waals surface area (Å²) in [5.41, 5.74) is 4.11. The Bertz CT molecular complexity index is 872. The molecule has 0 amide bonds. The van der Waals surface area contributed by atoms with Crippen molar-refractivity contribution in [3.8, 4) is 5.75 Å². The number of hydrogen-bond donors (Lipinski definition) is 0. The number of hydrogen-bond acceptors (Lipinski definition) is 2. The summed E-state index contributed by atoms with van der Waals surface area (Å²) in [5.74, 6) is 0.919. The molecule has 0 fully saturated rings. The largest absolute Gasteiger partial charge is 0.488 e. The van der Waals surface area contributed by atoms with Crippen molar-refractivity contribution in [1.82, 2.24) is 0 Å². The summed E-state index contributed by atoms with van der Waals surface area (Å²) in [4.78, 5) is 11.4. The Morgan fingerprint density at radius 2 is 1.72 bits per heavy atom. The lowest BCUT2D eigenvalue weighted by Gasteiger charge is -2.15. The summed E-state index contributed by atoms with van der Waals surface area (Å²) in [7, 11) is 0.385. The van der Waals surface area contributed by atoms with Gasteiger partial charge in [-0.05, 0) is 36.3 Å². The molecule has 25 heavy (non-hydrogen) atoms. The second kappa shape index (κ2) is 8.09. The molecule has 126 valence electrons. The second-order valence-corrected chi connectivity index (χ2v) is 7.39. The van der Waals surface area contributed by atoms with Crippen molar-refractivity contribution in [2.45, 2.75) is 20.5 Å². The van der Waals surface area contributed by atoms with Crippen molar-refractivity contribution in [1.29, 1.82) is 0 Å². The Morgan fingerprint density at radius 1 is 0.920 bits per heavy atom. The summed E-state index contributed by atoms with van der Waals surface area (Å²) in [5, 5.41) is 2.18. The maximum Gasteiger partial charge on any atom is 0.150 e. The van der Waals surface area contributed by atoms with E-state index in [4.69, 9.17) is 4.74 Å². The number of carbonyl (C=O) groups is 1. The molecule has 3 aromatic rings. The van der Waals surface area contributed by atoms with E-state index in [-0.39, 0.29) is 0 Å². The van der Waals surface area contributed by atoms with Gasteiger partial charge in [-0.15, -0.1) is 0 Å². The van der Waals surface area contributed by atoms with Crippen LogP contribution in [-0.2, 0) is 6.61 Å². The highest BCUT2D eigenvalue weighted by molar-refractivity contribution is 7.56. The predicted molar refractivity (Wildman–Crippen MR) is 106 cm³/mol. The highest BCUT2D eigenvalue weighted by Gasteiger charge is 2.11. The minimum atomic E-state index is 0.385. The molecule has 0 saturated heterocycles. The van der Waals surface area contributed by atoms with Crippen LogP contribution in [0.5, 0.6) is 5.75 Å². The first-order chi connectivity index (χ1) is 12.2. The topological polar surface area (TPSA) is 26.3 Å². The van der Waals surface area contributed by atoms with E-state index in [1.54, 1.807) is 0 Å². The Kier molecular flexibility index (Phi) is 5.63. The Hall–Kier alpha value is -2.44. The maximum absolute atomic E-state index is 11.4. The van der Waals surface area contributed by atoms with Crippen molar-refractivity contribution >= 4 is 25.5 Å². The number of para-hydroxylation sites is 1. The van der Waals surface area contributed by atoms with Crippen molar-refractivity contribution in [3.05, 3.63) is 89.0 Å².